The van der Waals surface area contributed by atoms with Crippen LogP contribution >= 0.6 is 0 Å². The maximum atomic E-state index is 12.4. The molecule has 0 bridgehead atoms. The SMILES string of the molecule is NS(=O)(=O)c1ccc(C(=O)OCC(=O)NC(Cc2ccccc2)c2ccccc2)o1. The molecule has 156 valence electrons. The van der Waals surface area contributed by atoms with Gasteiger partial charge in [-0.15, -0.1) is 0 Å². The summed E-state index contributed by atoms with van der Waals surface area (Å²) in [7, 11) is -4.08. The lowest BCUT2D eigenvalue weighted by atomic mass is 9.99. The number of amides is 1. The topological polar surface area (TPSA) is 129 Å². The monoisotopic (exact) mass is 428 g/mol. The van der Waals surface area contributed by atoms with Crippen LogP contribution in [-0.2, 0) is 26.0 Å². The summed E-state index contributed by atoms with van der Waals surface area (Å²) >= 11 is 0. The van der Waals surface area contributed by atoms with E-state index in [0.29, 0.717) is 6.42 Å². The van der Waals surface area contributed by atoms with Crippen LogP contribution in [0.15, 0.2) is 82.3 Å². The lowest BCUT2D eigenvalue weighted by Crippen LogP contribution is -2.33. The summed E-state index contributed by atoms with van der Waals surface area (Å²) in [5.74, 6) is -1.85. The predicted molar refractivity (Wildman–Crippen MR) is 108 cm³/mol. The minimum absolute atomic E-state index is 0.322. The van der Waals surface area contributed by atoms with Gasteiger partial charge in [0.05, 0.1) is 6.04 Å². The van der Waals surface area contributed by atoms with E-state index >= 15 is 0 Å². The van der Waals surface area contributed by atoms with E-state index < -0.39 is 33.6 Å². The number of ether oxygens (including phenoxy) is 1. The van der Waals surface area contributed by atoms with Crippen LogP contribution in [0.2, 0.25) is 0 Å². The summed E-state index contributed by atoms with van der Waals surface area (Å²) in [6.45, 7) is -0.553. The van der Waals surface area contributed by atoms with Crippen molar-refractivity contribution in [2.24, 2.45) is 5.14 Å². The fourth-order valence-electron chi connectivity index (χ4n) is 2.81. The molecule has 0 spiro atoms. The molecule has 3 aromatic rings. The van der Waals surface area contributed by atoms with Crippen LogP contribution in [0.1, 0.15) is 27.7 Å². The van der Waals surface area contributed by atoms with Crippen molar-refractivity contribution in [2.75, 3.05) is 6.61 Å². The van der Waals surface area contributed by atoms with Crippen molar-refractivity contribution in [3.05, 3.63) is 89.7 Å². The third kappa shape index (κ3) is 5.79. The number of nitrogens with two attached hydrogens (primary N) is 1. The summed E-state index contributed by atoms with van der Waals surface area (Å²) in [5, 5.41) is 7.22. The van der Waals surface area contributed by atoms with E-state index in [2.05, 4.69) is 5.32 Å². The molecule has 8 nitrogen and oxygen atoms in total. The van der Waals surface area contributed by atoms with Gasteiger partial charge in [-0.1, -0.05) is 60.7 Å². The number of nitrogens with one attached hydrogen (secondary N) is 1. The minimum Gasteiger partial charge on any atom is -0.450 e. The zero-order chi connectivity index (χ0) is 21.6. The number of hydrogen-bond acceptors (Lipinski definition) is 6. The summed E-state index contributed by atoms with van der Waals surface area (Å²) < 4.78 is 32.2. The number of carbonyl (C=O) groups excluding carboxylic acids is 2. The smallest absolute Gasteiger partial charge is 0.374 e. The maximum absolute atomic E-state index is 12.4. The fourth-order valence-corrected chi connectivity index (χ4v) is 3.27. The average Bonchev–Trinajstić information content (AvgIpc) is 3.24. The summed E-state index contributed by atoms with van der Waals surface area (Å²) in [6.07, 6.45) is 0.556. The number of sulfonamides is 1. The van der Waals surface area contributed by atoms with Crippen molar-refractivity contribution in [2.45, 2.75) is 17.6 Å². The first-order valence-electron chi connectivity index (χ1n) is 9.01. The number of carbonyl (C=O) groups is 2. The molecule has 0 aliphatic heterocycles. The van der Waals surface area contributed by atoms with Gasteiger partial charge in [-0.05, 0) is 29.7 Å². The summed E-state index contributed by atoms with van der Waals surface area (Å²) in [5.41, 5.74) is 1.94. The number of esters is 1. The van der Waals surface area contributed by atoms with Crippen LogP contribution in [0.3, 0.4) is 0 Å². The minimum atomic E-state index is -4.08. The van der Waals surface area contributed by atoms with Crippen molar-refractivity contribution < 1.29 is 27.2 Å². The van der Waals surface area contributed by atoms with E-state index in [0.717, 1.165) is 23.3 Å². The molecular weight excluding hydrogens is 408 g/mol. The standard InChI is InChI=1S/C21H20N2O6S/c22-30(26,27)20-12-11-18(29-20)21(25)28-14-19(24)23-17(16-9-5-2-6-10-16)13-15-7-3-1-4-8-15/h1-12,17H,13-14H2,(H,23,24)(H2,22,26,27). The van der Waals surface area contributed by atoms with Gasteiger partial charge in [0, 0.05) is 0 Å². The van der Waals surface area contributed by atoms with E-state index in [9.17, 15) is 18.0 Å². The molecule has 1 unspecified atom stereocenters. The first-order chi connectivity index (χ1) is 14.3. The van der Waals surface area contributed by atoms with Gasteiger partial charge in [0.1, 0.15) is 0 Å². The Bertz CT molecular complexity index is 1110. The predicted octanol–water partition coefficient (Wildman–Crippen LogP) is 2.18. The Balaban J connectivity index is 1.63. The highest BCUT2D eigenvalue weighted by molar-refractivity contribution is 7.89. The molecular formula is C21H20N2O6S. The highest BCUT2D eigenvalue weighted by Crippen LogP contribution is 2.18. The molecule has 1 heterocycles. The number of benzene rings is 2. The van der Waals surface area contributed by atoms with E-state index in [-0.39, 0.29) is 11.8 Å². The molecule has 3 N–H and O–H groups in total. The third-order valence-corrected chi connectivity index (χ3v) is 5.00. The second-order valence-electron chi connectivity index (χ2n) is 6.46. The molecule has 2 aromatic carbocycles. The normalized spacial score (nSPS) is 12.2. The molecule has 0 aliphatic carbocycles. The van der Waals surface area contributed by atoms with E-state index in [1.807, 2.05) is 60.7 Å². The van der Waals surface area contributed by atoms with E-state index in [4.69, 9.17) is 14.3 Å². The van der Waals surface area contributed by atoms with Gasteiger partial charge in [-0.3, -0.25) is 4.79 Å². The molecule has 3 rings (SSSR count). The number of primary sulfonamides is 1. The maximum Gasteiger partial charge on any atom is 0.374 e. The highest BCUT2D eigenvalue weighted by atomic mass is 32.2. The molecule has 0 fully saturated rings. The largest absolute Gasteiger partial charge is 0.450 e. The molecule has 9 heteroatoms. The number of hydrogen-bond donors (Lipinski definition) is 2. The van der Waals surface area contributed by atoms with Crippen LogP contribution in [0.4, 0.5) is 0 Å². The molecule has 0 saturated carbocycles. The Morgan fingerprint density at radius 1 is 0.967 bits per heavy atom. The van der Waals surface area contributed by atoms with Gasteiger partial charge >= 0.3 is 5.97 Å². The number of rotatable bonds is 8. The van der Waals surface area contributed by atoms with E-state index in [1.165, 1.54) is 0 Å². The molecule has 0 aliphatic rings. The fraction of sp³-hybridized carbons (Fsp3) is 0.143. The third-order valence-electron chi connectivity index (χ3n) is 4.22. The van der Waals surface area contributed by atoms with Crippen molar-refractivity contribution in [1.82, 2.24) is 5.32 Å². The van der Waals surface area contributed by atoms with Gasteiger partial charge in [0.15, 0.2) is 6.61 Å². The number of furan rings is 1. The zero-order valence-electron chi connectivity index (χ0n) is 15.9. The van der Waals surface area contributed by atoms with Crippen molar-refractivity contribution >= 4 is 21.9 Å². The van der Waals surface area contributed by atoms with Gasteiger partial charge in [-0.2, -0.15) is 0 Å². The molecule has 0 radical (unpaired) electrons. The average molecular weight is 428 g/mol. The second-order valence-corrected chi connectivity index (χ2v) is 7.95. The molecule has 1 aromatic heterocycles. The Morgan fingerprint density at radius 2 is 1.60 bits per heavy atom. The van der Waals surface area contributed by atoms with Crippen LogP contribution in [0.5, 0.6) is 0 Å². The Labute approximate surface area is 173 Å². The van der Waals surface area contributed by atoms with Crippen LogP contribution in [0, 0.1) is 0 Å². The van der Waals surface area contributed by atoms with Crippen molar-refractivity contribution in [3.8, 4) is 0 Å². The van der Waals surface area contributed by atoms with Crippen molar-refractivity contribution in [3.63, 3.8) is 0 Å². The van der Waals surface area contributed by atoms with Crippen molar-refractivity contribution in [1.29, 1.82) is 0 Å². The molecule has 1 atom stereocenters. The first-order valence-corrected chi connectivity index (χ1v) is 10.6. The van der Waals surface area contributed by atoms with Gasteiger partial charge in [-0.25, -0.2) is 18.4 Å². The van der Waals surface area contributed by atoms with E-state index in [1.54, 1.807) is 0 Å². The Morgan fingerprint density at radius 3 is 2.20 bits per heavy atom. The summed E-state index contributed by atoms with van der Waals surface area (Å²) in [6, 6.07) is 20.9. The zero-order valence-corrected chi connectivity index (χ0v) is 16.7. The molecule has 1 amide bonds. The quantitative estimate of drug-likeness (QED) is 0.529. The van der Waals surface area contributed by atoms with Crippen LogP contribution < -0.4 is 10.5 Å². The Hall–Kier alpha value is -3.43. The van der Waals surface area contributed by atoms with Gasteiger partial charge in [0.2, 0.25) is 10.9 Å². The van der Waals surface area contributed by atoms with Crippen LogP contribution in [0.25, 0.3) is 0 Å². The van der Waals surface area contributed by atoms with Gasteiger partial charge in [0.25, 0.3) is 15.9 Å². The lowest BCUT2D eigenvalue weighted by molar-refractivity contribution is -0.125. The van der Waals surface area contributed by atoms with Gasteiger partial charge < -0.3 is 14.5 Å². The lowest BCUT2D eigenvalue weighted by Gasteiger charge is -2.19. The Kier molecular flexibility index (Phi) is 6.65. The molecule has 30 heavy (non-hydrogen) atoms. The summed E-state index contributed by atoms with van der Waals surface area (Å²) in [4.78, 5) is 24.4. The molecule has 0 saturated heterocycles. The second kappa shape index (κ2) is 9.38. The highest BCUT2D eigenvalue weighted by Gasteiger charge is 2.20. The van der Waals surface area contributed by atoms with Crippen LogP contribution in [-0.4, -0.2) is 26.9 Å². The first kappa shape index (κ1) is 21.3.